The number of benzene rings is 2. The predicted molar refractivity (Wildman–Crippen MR) is 103 cm³/mol. The molecular formula is C18H17N3O5S. The monoisotopic (exact) mass is 387 g/mol. The molecule has 140 valence electrons. The molecule has 1 heterocycles. The largest absolute Gasteiger partial charge is 0.322 e. The maximum atomic E-state index is 12.0. The van der Waals surface area contributed by atoms with Crippen LogP contribution >= 0.6 is 0 Å². The predicted octanol–water partition coefficient (Wildman–Crippen LogP) is 2.79. The lowest BCUT2D eigenvalue weighted by Crippen LogP contribution is -2.24. The van der Waals surface area contributed by atoms with E-state index in [1.807, 2.05) is 0 Å². The van der Waals surface area contributed by atoms with Crippen LogP contribution in [0.4, 0.5) is 17.1 Å². The molecule has 2 aromatic rings. The van der Waals surface area contributed by atoms with Crippen LogP contribution in [0.1, 0.15) is 12.0 Å². The van der Waals surface area contributed by atoms with Crippen molar-refractivity contribution in [3.63, 3.8) is 0 Å². The Kier molecular flexibility index (Phi) is 5.22. The van der Waals surface area contributed by atoms with Crippen molar-refractivity contribution in [3.8, 4) is 0 Å². The molecule has 9 heteroatoms. The number of anilines is 2. The minimum absolute atomic E-state index is 0.107. The summed E-state index contributed by atoms with van der Waals surface area (Å²) in [5.74, 6) is -0.270. The van der Waals surface area contributed by atoms with Crippen LogP contribution in [0.25, 0.3) is 6.08 Å². The van der Waals surface area contributed by atoms with Crippen molar-refractivity contribution < 1.29 is 18.1 Å². The lowest BCUT2D eigenvalue weighted by atomic mass is 10.2. The Labute approximate surface area is 156 Å². The third-order valence-electron chi connectivity index (χ3n) is 4.03. The molecule has 1 amide bonds. The van der Waals surface area contributed by atoms with Crippen LogP contribution in [0.5, 0.6) is 0 Å². The molecule has 0 saturated carbocycles. The average molecular weight is 387 g/mol. The molecule has 0 aromatic heterocycles. The van der Waals surface area contributed by atoms with Crippen molar-refractivity contribution in [2.75, 3.05) is 21.9 Å². The van der Waals surface area contributed by atoms with E-state index in [9.17, 15) is 23.3 Å². The van der Waals surface area contributed by atoms with E-state index >= 15 is 0 Å². The molecule has 8 nitrogen and oxygen atoms in total. The van der Waals surface area contributed by atoms with E-state index in [-0.39, 0.29) is 11.4 Å². The Hall–Kier alpha value is -3.20. The van der Waals surface area contributed by atoms with Crippen LogP contribution in [0, 0.1) is 10.1 Å². The molecule has 1 fully saturated rings. The number of nitrogens with zero attached hydrogens (tertiary/aromatic N) is 2. The Morgan fingerprint density at radius 1 is 1.19 bits per heavy atom. The van der Waals surface area contributed by atoms with Gasteiger partial charge in [0.1, 0.15) is 0 Å². The minimum atomic E-state index is -3.22. The molecular weight excluding hydrogens is 370 g/mol. The van der Waals surface area contributed by atoms with Crippen LogP contribution in [0.15, 0.2) is 54.6 Å². The fourth-order valence-corrected chi connectivity index (χ4v) is 4.30. The molecule has 0 spiro atoms. The van der Waals surface area contributed by atoms with Gasteiger partial charge in [0.25, 0.3) is 5.69 Å². The second-order valence-corrected chi connectivity index (χ2v) is 7.98. The molecule has 0 radical (unpaired) electrons. The van der Waals surface area contributed by atoms with Gasteiger partial charge in [-0.15, -0.1) is 0 Å². The third-order valence-corrected chi connectivity index (χ3v) is 5.90. The summed E-state index contributed by atoms with van der Waals surface area (Å²) in [5.41, 5.74) is 1.55. The van der Waals surface area contributed by atoms with Gasteiger partial charge >= 0.3 is 0 Å². The molecule has 2 aromatic carbocycles. The Bertz CT molecular complexity index is 1000. The highest BCUT2D eigenvalue weighted by Gasteiger charge is 2.28. The fourth-order valence-electron chi connectivity index (χ4n) is 2.73. The van der Waals surface area contributed by atoms with E-state index in [0.29, 0.717) is 24.3 Å². The van der Waals surface area contributed by atoms with Gasteiger partial charge in [-0.25, -0.2) is 8.42 Å². The Morgan fingerprint density at radius 3 is 2.56 bits per heavy atom. The van der Waals surface area contributed by atoms with E-state index < -0.39 is 20.9 Å². The minimum Gasteiger partial charge on any atom is -0.322 e. The summed E-state index contributed by atoms with van der Waals surface area (Å²) in [6, 6.07) is 12.5. The molecule has 0 atom stereocenters. The summed E-state index contributed by atoms with van der Waals surface area (Å²) >= 11 is 0. The maximum absolute atomic E-state index is 12.0. The van der Waals surface area contributed by atoms with Gasteiger partial charge in [0, 0.05) is 30.4 Å². The summed E-state index contributed by atoms with van der Waals surface area (Å²) in [4.78, 5) is 22.2. The summed E-state index contributed by atoms with van der Waals surface area (Å²) < 4.78 is 25.2. The van der Waals surface area contributed by atoms with Crippen molar-refractivity contribution >= 4 is 39.1 Å². The number of sulfonamides is 1. The van der Waals surface area contributed by atoms with Gasteiger partial charge < -0.3 is 5.32 Å². The average Bonchev–Trinajstić information content (AvgIpc) is 3.00. The number of amides is 1. The van der Waals surface area contributed by atoms with Crippen LogP contribution in [0.2, 0.25) is 0 Å². The second-order valence-electron chi connectivity index (χ2n) is 5.96. The standard InChI is InChI=1S/C18H17N3O5S/c22-18(19-15-3-1-4-17(13-15)21(23)24)10-7-14-5-8-16(9-6-14)20-11-2-12-27(20,25)26/h1,3-10,13H,2,11-12H2,(H,19,22)/b10-7+. The Morgan fingerprint density at radius 2 is 1.93 bits per heavy atom. The zero-order chi connectivity index (χ0) is 19.4. The number of hydrogen-bond acceptors (Lipinski definition) is 5. The second kappa shape index (κ2) is 7.58. The van der Waals surface area contributed by atoms with Gasteiger partial charge in [0.05, 0.1) is 16.4 Å². The first kappa shape index (κ1) is 18.6. The maximum Gasteiger partial charge on any atom is 0.271 e. The summed E-state index contributed by atoms with van der Waals surface area (Å²) in [6.07, 6.45) is 3.50. The molecule has 0 aliphatic carbocycles. The van der Waals surface area contributed by atoms with Gasteiger partial charge in [-0.2, -0.15) is 0 Å². The first-order chi connectivity index (χ1) is 12.8. The number of carbonyl (C=O) groups is 1. The molecule has 1 saturated heterocycles. The molecule has 1 aliphatic rings. The number of nitrogens with one attached hydrogen (secondary N) is 1. The van der Waals surface area contributed by atoms with Crippen molar-refractivity contribution in [3.05, 3.63) is 70.3 Å². The SMILES string of the molecule is O=C(/C=C/c1ccc(N2CCCS2(=O)=O)cc1)Nc1cccc([N+](=O)[O-])c1. The molecule has 0 bridgehead atoms. The highest BCUT2D eigenvalue weighted by Crippen LogP contribution is 2.24. The van der Waals surface area contributed by atoms with E-state index in [4.69, 9.17) is 0 Å². The topological polar surface area (TPSA) is 110 Å². The summed E-state index contributed by atoms with van der Waals surface area (Å²) in [5, 5.41) is 13.3. The highest BCUT2D eigenvalue weighted by molar-refractivity contribution is 7.93. The van der Waals surface area contributed by atoms with Crippen molar-refractivity contribution in [1.29, 1.82) is 0 Å². The van der Waals surface area contributed by atoms with Gasteiger partial charge in [-0.05, 0) is 36.3 Å². The molecule has 0 unspecified atom stereocenters. The van der Waals surface area contributed by atoms with Gasteiger partial charge in [-0.3, -0.25) is 19.2 Å². The first-order valence-corrected chi connectivity index (χ1v) is 9.80. The van der Waals surface area contributed by atoms with Crippen LogP contribution in [-0.2, 0) is 14.8 Å². The van der Waals surface area contributed by atoms with E-state index in [1.54, 1.807) is 36.4 Å². The number of nitro groups is 1. The molecule has 3 rings (SSSR count). The normalized spacial score (nSPS) is 15.8. The quantitative estimate of drug-likeness (QED) is 0.482. The van der Waals surface area contributed by atoms with Crippen LogP contribution in [-0.4, -0.2) is 31.5 Å². The summed E-state index contributed by atoms with van der Waals surface area (Å²) in [6.45, 7) is 0.475. The van der Waals surface area contributed by atoms with Crippen molar-refractivity contribution in [2.45, 2.75) is 6.42 Å². The number of carbonyl (C=O) groups excluding carboxylic acids is 1. The number of rotatable bonds is 5. The van der Waals surface area contributed by atoms with Crippen LogP contribution in [0.3, 0.4) is 0 Å². The third kappa shape index (κ3) is 4.50. The highest BCUT2D eigenvalue weighted by atomic mass is 32.2. The first-order valence-electron chi connectivity index (χ1n) is 8.19. The summed E-state index contributed by atoms with van der Waals surface area (Å²) in [7, 11) is -3.22. The van der Waals surface area contributed by atoms with Gasteiger partial charge in [0.2, 0.25) is 15.9 Å². The Balaban J connectivity index is 1.65. The number of hydrogen-bond donors (Lipinski definition) is 1. The van der Waals surface area contributed by atoms with E-state index in [2.05, 4.69) is 5.32 Å². The van der Waals surface area contributed by atoms with Crippen molar-refractivity contribution in [2.24, 2.45) is 0 Å². The van der Waals surface area contributed by atoms with Gasteiger partial charge in [-0.1, -0.05) is 18.2 Å². The zero-order valence-corrected chi connectivity index (χ0v) is 15.1. The van der Waals surface area contributed by atoms with Gasteiger partial charge in [0.15, 0.2) is 0 Å². The lowest BCUT2D eigenvalue weighted by Gasteiger charge is -2.16. The molecule has 27 heavy (non-hydrogen) atoms. The van der Waals surface area contributed by atoms with E-state index in [1.165, 1.54) is 28.6 Å². The zero-order valence-electron chi connectivity index (χ0n) is 14.2. The molecule has 1 N–H and O–H groups in total. The number of non-ortho nitro benzene ring substituents is 1. The van der Waals surface area contributed by atoms with E-state index in [0.717, 1.165) is 5.56 Å². The lowest BCUT2D eigenvalue weighted by molar-refractivity contribution is -0.384. The fraction of sp³-hybridized carbons (Fsp3) is 0.167. The number of nitro benzene ring substituents is 1. The van der Waals surface area contributed by atoms with Crippen LogP contribution < -0.4 is 9.62 Å². The smallest absolute Gasteiger partial charge is 0.271 e. The van der Waals surface area contributed by atoms with Crippen molar-refractivity contribution in [1.82, 2.24) is 0 Å². The molecule has 1 aliphatic heterocycles.